The zero-order valence-corrected chi connectivity index (χ0v) is 10.9. The summed E-state index contributed by atoms with van der Waals surface area (Å²) in [5.74, 6) is 0.418. The number of fused-ring (bicyclic) bond motifs is 1. The molecule has 0 aliphatic carbocycles. The molecule has 0 amide bonds. The molecule has 1 aromatic carbocycles. The van der Waals surface area contributed by atoms with Crippen molar-refractivity contribution >= 4 is 10.9 Å². The summed E-state index contributed by atoms with van der Waals surface area (Å²) in [4.78, 5) is 4.28. The standard InChI is InChI=1S/C15H13N3O2/c1-20-14-7-6-12(17-18-14)15(19)11-5-4-10-3-2-8-16-13(10)9-11/h2-9,15,19H,1H3. The van der Waals surface area contributed by atoms with Crippen LogP contribution in [0.3, 0.4) is 0 Å². The molecule has 1 unspecified atom stereocenters. The van der Waals surface area contributed by atoms with Gasteiger partial charge in [-0.3, -0.25) is 4.98 Å². The molecule has 3 rings (SSSR count). The zero-order valence-electron chi connectivity index (χ0n) is 10.9. The Bertz CT molecular complexity index is 729. The van der Waals surface area contributed by atoms with Crippen LogP contribution in [0, 0.1) is 0 Å². The molecule has 2 heterocycles. The van der Waals surface area contributed by atoms with E-state index in [1.54, 1.807) is 18.3 Å². The Morgan fingerprint density at radius 1 is 1.10 bits per heavy atom. The van der Waals surface area contributed by atoms with Crippen LogP contribution in [0.25, 0.3) is 10.9 Å². The van der Waals surface area contributed by atoms with Crippen molar-refractivity contribution in [1.82, 2.24) is 15.2 Å². The van der Waals surface area contributed by atoms with Gasteiger partial charge in [-0.2, -0.15) is 0 Å². The molecule has 0 spiro atoms. The van der Waals surface area contributed by atoms with Crippen LogP contribution in [0.15, 0.2) is 48.7 Å². The molecule has 3 aromatic rings. The third-order valence-corrected chi connectivity index (χ3v) is 3.10. The first-order chi connectivity index (χ1) is 9.78. The fourth-order valence-electron chi connectivity index (χ4n) is 2.01. The van der Waals surface area contributed by atoms with Crippen LogP contribution in [-0.2, 0) is 0 Å². The van der Waals surface area contributed by atoms with Gasteiger partial charge in [0, 0.05) is 17.6 Å². The SMILES string of the molecule is COc1ccc(C(O)c2ccc3cccnc3c2)nn1. The summed E-state index contributed by atoms with van der Waals surface area (Å²) >= 11 is 0. The van der Waals surface area contributed by atoms with Gasteiger partial charge in [-0.25, -0.2) is 0 Å². The number of pyridine rings is 1. The highest BCUT2D eigenvalue weighted by atomic mass is 16.5. The highest BCUT2D eigenvalue weighted by Gasteiger charge is 2.13. The van der Waals surface area contributed by atoms with Gasteiger partial charge >= 0.3 is 0 Å². The number of hydrogen-bond donors (Lipinski definition) is 1. The van der Waals surface area contributed by atoms with E-state index < -0.39 is 6.10 Å². The Hall–Kier alpha value is -2.53. The van der Waals surface area contributed by atoms with E-state index in [2.05, 4.69) is 15.2 Å². The highest BCUT2D eigenvalue weighted by molar-refractivity contribution is 5.79. The molecule has 2 aromatic heterocycles. The number of benzene rings is 1. The van der Waals surface area contributed by atoms with Gasteiger partial charge in [-0.15, -0.1) is 10.2 Å². The number of rotatable bonds is 3. The fraction of sp³-hybridized carbons (Fsp3) is 0.133. The molecule has 100 valence electrons. The van der Waals surface area contributed by atoms with Crippen molar-refractivity contribution in [3.05, 3.63) is 59.9 Å². The van der Waals surface area contributed by atoms with E-state index in [0.717, 1.165) is 16.5 Å². The summed E-state index contributed by atoms with van der Waals surface area (Å²) in [6.07, 6.45) is 0.894. The fourth-order valence-corrected chi connectivity index (χ4v) is 2.01. The molecular formula is C15H13N3O2. The number of ether oxygens (including phenoxy) is 1. The summed E-state index contributed by atoms with van der Waals surface area (Å²) in [5.41, 5.74) is 2.04. The van der Waals surface area contributed by atoms with Crippen molar-refractivity contribution in [2.75, 3.05) is 7.11 Å². The van der Waals surface area contributed by atoms with Crippen LogP contribution in [0.1, 0.15) is 17.4 Å². The molecule has 0 radical (unpaired) electrons. The Balaban J connectivity index is 1.96. The Morgan fingerprint density at radius 2 is 2.00 bits per heavy atom. The highest BCUT2D eigenvalue weighted by Crippen LogP contribution is 2.23. The molecular weight excluding hydrogens is 254 g/mol. The number of methoxy groups -OCH3 is 1. The summed E-state index contributed by atoms with van der Waals surface area (Å²) in [7, 11) is 1.52. The maximum absolute atomic E-state index is 10.3. The third-order valence-electron chi connectivity index (χ3n) is 3.10. The van der Waals surface area contributed by atoms with E-state index in [4.69, 9.17) is 4.74 Å². The van der Waals surface area contributed by atoms with Crippen LogP contribution in [-0.4, -0.2) is 27.4 Å². The quantitative estimate of drug-likeness (QED) is 0.787. The average molecular weight is 267 g/mol. The first kappa shape index (κ1) is 12.5. The second-order valence-corrected chi connectivity index (χ2v) is 4.36. The van der Waals surface area contributed by atoms with E-state index >= 15 is 0 Å². The van der Waals surface area contributed by atoms with E-state index in [9.17, 15) is 5.11 Å². The Morgan fingerprint density at radius 3 is 2.75 bits per heavy atom. The number of aromatic nitrogens is 3. The maximum atomic E-state index is 10.3. The molecule has 0 aliphatic rings. The molecule has 5 heteroatoms. The van der Waals surface area contributed by atoms with Crippen molar-refractivity contribution in [2.24, 2.45) is 0 Å². The molecule has 0 fully saturated rings. The summed E-state index contributed by atoms with van der Waals surface area (Å²) in [6, 6.07) is 12.9. The lowest BCUT2D eigenvalue weighted by atomic mass is 10.0. The molecule has 5 nitrogen and oxygen atoms in total. The minimum Gasteiger partial charge on any atom is -0.480 e. The van der Waals surface area contributed by atoms with Crippen LogP contribution in [0.5, 0.6) is 5.88 Å². The molecule has 0 saturated heterocycles. The van der Waals surface area contributed by atoms with Crippen LogP contribution >= 0.6 is 0 Å². The minimum atomic E-state index is -0.834. The number of aliphatic hydroxyl groups excluding tert-OH is 1. The molecule has 0 aliphatic heterocycles. The second kappa shape index (κ2) is 5.22. The molecule has 0 saturated carbocycles. The average Bonchev–Trinajstić information content (AvgIpc) is 2.54. The van der Waals surface area contributed by atoms with Gasteiger partial charge in [-0.1, -0.05) is 18.2 Å². The summed E-state index contributed by atoms with van der Waals surface area (Å²) in [5, 5.41) is 19.2. The van der Waals surface area contributed by atoms with Crippen molar-refractivity contribution in [1.29, 1.82) is 0 Å². The number of nitrogens with zero attached hydrogens (tertiary/aromatic N) is 3. The van der Waals surface area contributed by atoms with E-state index in [-0.39, 0.29) is 0 Å². The molecule has 20 heavy (non-hydrogen) atoms. The second-order valence-electron chi connectivity index (χ2n) is 4.36. The van der Waals surface area contributed by atoms with Gasteiger partial charge in [0.1, 0.15) is 6.10 Å². The molecule has 1 atom stereocenters. The van der Waals surface area contributed by atoms with Gasteiger partial charge in [0.25, 0.3) is 0 Å². The van der Waals surface area contributed by atoms with Gasteiger partial charge in [0.15, 0.2) is 0 Å². The smallest absolute Gasteiger partial charge is 0.233 e. The summed E-state index contributed by atoms with van der Waals surface area (Å²) in [6.45, 7) is 0. The van der Waals surface area contributed by atoms with Gasteiger partial charge in [-0.05, 0) is 23.8 Å². The van der Waals surface area contributed by atoms with Gasteiger partial charge in [0.2, 0.25) is 5.88 Å². The third kappa shape index (κ3) is 2.31. The van der Waals surface area contributed by atoms with Crippen LogP contribution in [0.4, 0.5) is 0 Å². The van der Waals surface area contributed by atoms with Crippen molar-refractivity contribution in [3.8, 4) is 5.88 Å². The minimum absolute atomic E-state index is 0.418. The first-order valence-electron chi connectivity index (χ1n) is 6.18. The Kier molecular flexibility index (Phi) is 3.26. The lowest BCUT2D eigenvalue weighted by Gasteiger charge is -2.10. The van der Waals surface area contributed by atoms with Gasteiger partial charge < -0.3 is 9.84 Å². The maximum Gasteiger partial charge on any atom is 0.233 e. The van der Waals surface area contributed by atoms with Crippen LogP contribution < -0.4 is 4.74 Å². The first-order valence-corrected chi connectivity index (χ1v) is 6.18. The van der Waals surface area contributed by atoms with Crippen LogP contribution in [0.2, 0.25) is 0 Å². The molecule has 0 bridgehead atoms. The van der Waals surface area contributed by atoms with Gasteiger partial charge in [0.05, 0.1) is 18.3 Å². The Labute approximate surface area is 115 Å². The largest absolute Gasteiger partial charge is 0.480 e. The topological polar surface area (TPSA) is 68.1 Å². The van der Waals surface area contributed by atoms with E-state index in [1.165, 1.54) is 7.11 Å². The van der Waals surface area contributed by atoms with Crippen molar-refractivity contribution in [2.45, 2.75) is 6.10 Å². The lowest BCUT2D eigenvalue weighted by molar-refractivity contribution is 0.213. The zero-order chi connectivity index (χ0) is 13.9. The number of hydrogen-bond acceptors (Lipinski definition) is 5. The lowest BCUT2D eigenvalue weighted by Crippen LogP contribution is -2.04. The predicted molar refractivity (Wildman–Crippen MR) is 74.4 cm³/mol. The summed E-state index contributed by atoms with van der Waals surface area (Å²) < 4.78 is 4.95. The normalized spacial score (nSPS) is 12.3. The van der Waals surface area contributed by atoms with E-state index in [0.29, 0.717) is 11.6 Å². The number of aliphatic hydroxyl groups is 1. The monoisotopic (exact) mass is 267 g/mol. The van der Waals surface area contributed by atoms with Crippen molar-refractivity contribution < 1.29 is 9.84 Å². The van der Waals surface area contributed by atoms with Crippen molar-refractivity contribution in [3.63, 3.8) is 0 Å². The van der Waals surface area contributed by atoms with E-state index in [1.807, 2.05) is 30.3 Å². The molecule has 1 N–H and O–H groups in total. The predicted octanol–water partition coefficient (Wildman–Crippen LogP) is 2.12.